The third-order valence-corrected chi connectivity index (χ3v) is 4.59. The van der Waals surface area contributed by atoms with Gasteiger partial charge < -0.3 is 4.74 Å². The average molecular weight is 398 g/mol. The van der Waals surface area contributed by atoms with Crippen LogP contribution in [-0.4, -0.2) is 32.8 Å². The van der Waals surface area contributed by atoms with Gasteiger partial charge in [-0.2, -0.15) is 5.10 Å². The first-order chi connectivity index (χ1) is 13.3. The van der Waals surface area contributed by atoms with Crippen LogP contribution >= 0.6 is 11.6 Å². The molecule has 2 heterocycles. The first kappa shape index (κ1) is 20.2. The Labute approximate surface area is 170 Å². The Bertz CT molecular complexity index is 918. The largest absolute Gasteiger partial charge is 0.368 e. The van der Waals surface area contributed by atoms with E-state index in [2.05, 4.69) is 10.1 Å². The summed E-state index contributed by atoms with van der Waals surface area (Å²) in [6.07, 6.45) is 5.73. The summed E-state index contributed by atoms with van der Waals surface area (Å²) in [5.74, 6) is -0.464. The minimum Gasteiger partial charge on any atom is -0.368 e. The second kappa shape index (κ2) is 8.67. The third-order valence-electron chi connectivity index (χ3n) is 4.30. The highest BCUT2D eigenvalue weighted by Crippen LogP contribution is 2.29. The number of benzene rings is 1. The molecule has 0 aliphatic heterocycles. The monoisotopic (exact) mass is 397 g/mol. The molecule has 0 saturated heterocycles. The first-order valence-electron chi connectivity index (χ1n) is 9.19. The Kier molecular flexibility index (Phi) is 6.27. The minimum atomic E-state index is -0.442. The van der Waals surface area contributed by atoms with Crippen LogP contribution in [0.25, 0.3) is 5.69 Å². The lowest BCUT2D eigenvalue weighted by molar-refractivity contribution is -0.129. The molecular weight excluding hydrogens is 374 g/mol. The molecule has 0 N–H and O–H groups in total. The van der Waals surface area contributed by atoms with E-state index in [0.29, 0.717) is 17.1 Å². The Hall–Kier alpha value is -2.50. The summed E-state index contributed by atoms with van der Waals surface area (Å²) in [5.41, 5.74) is 2.14. The molecule has 0 bridgehead atoms. The van der Waals surface area contributed by atoms with Crippen molar-refractivity contribution in [1.29, 1.82) is 0 Å². The minimum absolute atomic E-state index is 0.0218. The van der Waals surface area contributed by atoms with Crippen molar-refractivity contribution < 1.29 is 9.53 Å². The lowest BCUT2D eigenvalue weighted by atomic mass is 9.90. The van der Waals surface area contributed by atoms with E-state index in [0.717, 1.165) is 11.3 Å². The number of halogens is 1. The molecule has 3 rings (SSSR count). The molecule has 146 valence electrons. The zero-order chi connectivity index (χ0) is 20.1. The van der Waals surface area contributed by atoms with Crippen LogP contribution < -0.4 is 0 Å². The van der Waals surface area contributed by atoms with Gasteiger partial charge in [0.2, 0.25) is 0 Å². The summed E-state index contributed by atoms with van der Waals surface area (Å²) in [4.78, 5) is 17.2. The second-order valence-corrected chi connectivity index (χ2v) is 8.00. The fraction of sp³-hybridized carbons (Fsp3) is 0.318. The molecule has 0 radical (unpaired) electrons. The highest BCUT2D eigenvalue weighted by atomic mass is 35.5. The molecule has 6 heteroatoms. The van der Waals surface area contributed by atoms with Crippen LogP contribution in [0.4, 0.5) is 0 Å². The Balaban J connectivity index is 1.92. The van der Waals surface area contributed by atoms with Crippen LogP contribution in [0.2, 0.25) is 5.15 Å². The molecule has 28 heavy (non-hydrogen) atoms. The molecule has 0 amide bonds. The van der Waals surface area contributed by atoms with E-state index in [1.165, 1.54) is 0 Å². The first-order valence-corrected chi connectivity index (χ1v) is 9.57. The Morgan fingerprint density at radius 3 is 2.57 bits per heavy atom. The van der Waals surface area contributed by atoms with E-state index in [-0.39, 0.29) is 12.4 Å². The van der Waals surface area contributed by atoms with Crippen molar-refractivity contribution in [1.82, 2.24) is 14.8 Å². The van der Waals surface area contributed by atoms with Crippen molar-refractivity contribution in [2.75, 3.05) is 6.61 Å². The van der Waals surface area contributed by atoms with Crippen molar-refractivity contribution in [3.8, 4) is 5.69 Å². The standard InChI is InChI=1S/C22H24ClN3O2/c1-22(2,3)28-15-20(27)18(12-16-8-5-4-6-9-16)19-14-26(25-21(19)23)17-10-7-11-24-13-17/h4-11,13-14,18H,12,15H2,1-3H3. The Morgan fingerprint density at radius 1 is 1.18 bits per heavy atom. The van der Waals surface area contributed by atoms with E-state index >= 15 is 0 Å². The molecule has 0 spiro atoms. The van der Waals surface area contributed by atoms with Gasteiger partial charge in [0, 0.05) is 18.0 Å². The summed E-state index contributed by atoms with van der Waals surface area (Å²) >= 11 is 6.44. The maximum absolute atomic E-state index is 13.1. The van der Waals surface area contributed by atoms with Crippen LogP contribution in [0, 0.1) is 0 Å². The number of pyridine rings is 1. The fourth-order valence-corrected chi connectivity index (χ4v) is 3.12. The number of carbonyl (C=O) groups excluding carboxylic acids is 1. The lowest BCUT2D eigenvalue weighted by Crippen LogP contribution is -2.27. The topological polar surface area (TPSA) is 57.0 Å². The second-order valence-electron chi connectivity index (χ2n) is 7.64. The van der Waals surface area contributed by atoms with E-state index in [9.17, 15) is 4.79 Å². The van der Waals surface area contributed by atoms with Gasteiger partial charge >= 0.3 is 0 Å². The fourth-order valence-electron chi connectivity index (χ4n) is 2.86. The van der Waals surface area contributed by atoms with Crippen molar-refractivity contribution in [3.63, 3.8) is 0 Å². The molecule has 3 aromatic rings. The van der Waals surface area contributed by atoms with Gasteiger partial charge in [-0.1, -0.05) is 41.9 Å². The summed E-state index contributed by atoms with van der Waals surface area (Å²) < 4.78 is 7.39. The number of carbonyl (C=O) groups is 1. The maximum atomic E-state index is 13.1. The molecule has 0 aliphatic rings. The van der Waals surface area contributed by atoms with Gasteiger partial charge in [0.25, 0.3) is 0 Å². The SMILES string of the molecule is CC(C)(C)OCC(=O)C(Cc1ccccc1)c1cn(-c2cccnc2)nc1Cl. The van der Waals surface area contributed by atoms with Crippen LogP contribution in [0.5, 0.6) is 0 Å². The van der Waals surface area contributed by atoms with Gasteiger partial charge in [-0.25, -0.2) is 4.68 Å². The van der Waals surface area contributed by atoms with Gasteiger partial charge in [-0.3, -0.25) is 9.78 Å². The van der Waals surface area contributed by atoms with Gasteiger partial charge in [-0.05, 0) is 44.9 Å². The number of hydrogen-bond acceptors (Lipinski definition) is 4. The molecule has 1 aromatic carbocycles. The number of ketones is 1. The van der Waals surface area contributed by atoms with Gasteiger partial charge in [0.05, 0.1) is 23.4 Å². The highest BCUT2D eigenvalue weighted by Gasteiger charge is 2.27. The smallest absolute Gasteiger partial charge is 0.166 e. The molecule has 0 fully saturated rings. The van der Waals surface area contributed by atoms with Gasteiger partial charge in [0.1, 0.15) is 6.61 Å². The third kappa shape index (κ3) is 5.27. The summed E-state index contributed by atoms with van der Waals surface area (Å²) in [5, 5.41) is 4.70. The van der Waals surface area contributed by atoms with Crippen LogP contribution in [0.3, 0.4) is 0 Å². The van der Waals surface area contributed by atoms with Crippen molar-refractivity contribution >= 4 is 17.4 Å². The van der Waals surface area contributed by atoms with Crippen LogP contribution in [-0.2, 0) is 16.0 Å². The predicted octanol–water partition coefficient (Wildman–Crippen LogP) is 4.63. The maximum Gasteiger partial charge on any atom is 0.166 e. The summed E-state index contributed by atoms with van der Waals surface area (Å²) in [7, 11) is 0. The molecule has 5 nitrogen and oxygen atoms in total. The molecule has 2 aromatic heterocycles. The van der Waals surface area contributed by atoms with Gasteiger partial charge in [-0.15, -0.1) is 0 Å². The van der Waals surface area contributed by atoms with Crippen molar-refractivity contribution in [2.24, 2.45) is 0 Å². The number of hydrogen-bond donors (Lipinski definition) is 0. The Morgan fingerprint density at radius 2 is 1.93 bits per heavy atom. The quantitative estimate of drug-likeness (QED) is 0.583. The molecule has 0 saturated carbocycles. The number of nitrogens with zero attached hydrogens (tertiary/aromatic N) is 3. The molecule has 1 unspecified atom stereocenters. The number of aromatic nitrogens is 3. The normalized spacial score (nSPS) is 12.7. The predicted molar refractivity (Wildman–Crippen MR) is 110 cm³/mol. The number of rotatable bonds is 7. The van der Waals surface area contributed by atoms with E-state index in [1.54, 1.807) is 17.1 Å². The number of Topliss-reactive ketones (excluding diaryl/α,β-unsaturated/α-hetero) is 1. The zero-order valence-corrected chi connectivity index (χ0v) is 17.1. The number of ether oxygens (including phenoxy) is 1. The molecular formula is C22H24ClN3O2. The molecule has 1 atom stereocenters. The van der Waals surface area contributed by atoms with Gasteiger partial charge in [0.15, 0.2) is 10.9 Å². The molecule has 0 aliphatic carbocycles. The van der Waals surface area contributed by atoms with Crippen LogP contribution in [0.1, 0.15) is 37.8 Å². The summed E-state index contributed by atoms with van der Waals surface area (Å²) in [6, 6.07) is 13.6. The van der Waals surface area contributed by atoms with Crippen molar-refractivity contribution in [3.05, 3.63) is 77.3 Å². The zero-order valence-electron chi connectivity index (χ0n) is 16.3. The average Bonchev–Trinajstić information content (AvgIpc) is 3.06. The van der Waals surface area contributed by atoms with E-state index < -0.39 is 11.5 Å². The van der Waals surface area contributed by atoms with E-state index in [1.807, 2.05) is 69.4 Å². The highest BCUT2D eigenvalue weighted by molar-refractivity contribution is 6.30. The summed E-state index contributed by atoms with van der Waals surface area (Å²) in [6.45, 7) is 5.81. The van der Waals surface area contributed by atoms with E-state index in [4.69, 9.17) is 16.3 Å². The van der Waals surface area contributed by atoms with Crippen LogP contribution in [0.15, 0.2) is 61.1 Å². The van der Waals surface area contributed by atoms with Crippen molar-refractivity contribution in [2.45, 2.75) is 38.7 Å². The lowest BCUT2D eigenvalue weighted by Gasteiger charge is -2.21.